The molecule has 0 aromatic heterocycles. The average Bonchev–Trinajstić information content (AvgIpc) is 2.52. The Balaban J connectivity index is 2.15. The fourth-order valence-electron chi connectivity index (χ4n) is 1.90. The van der Waals surface area contributed by atoms with Crippen LogP contribution < -0.4 is 5.32 Å². The van der Waals surface area contributed by atoms with Crippen molar-refractivity contribution in [1.82, 2.24) is 5.32 Å². The van der Waals surface area contributed by atoms with Gasteiger partial charge in [0.1, 0.15) is 11.9 Å². The highest BCUT2D eigenvalue weighted by Crippen LogP contribution is 2.29. The van der Waals surface area contributed by atoms with Crippen molar-refractivity contribution in [3.8, 4) is 0 Å². The van der Waals surface area contributed by atoms with Crippen molar-refractivity contribution < 1.29 is 18.3 Å². The van der Waals surface area contributed by atoms with Crippen LogP contribution in [-0.4, -0.2) is 29.7 Å². The van der Waals surface area contributed by atoms with Gasteiger partial charge in [0.2, 0.25) is 0 Å². The zero-order valence-electron chi connectivity index (χ0n) is 8.76. The predicted molar refractivity (Wildman–Crippen MR) is 60.5 cm³/mol. The second kappa shape index (κ2) is 4.59. The summed E-state index contributed by atoms with van der Waals surface area (Å²) in [4.78, 5) is 0. The van der Waals surface area contributed by atoms with Gasteiger partial charge < -0.3 is 10.4 Å². The normalized spacial score (nSPS) is 27.4. The van der Waals surface area contributed by atoms with Crippen LogP contribution in [0.3, 0.4) is 0 Å². The third-order valence-corrected chi connectivity index (χ3v) is 3.50. The molecule has 0 radical (unpaired) electrons. The molecule has 2 atom stereocenters. The Morgan fingerprint density at radius 3 is 2.76 bits per heavy atom. The summed E-state index contributed by atoms with van der Waals surface area (Å²) in [6, 6.07) is 3.85. The number of halogens is 4. The number of hydrogen-bond acceptors (Lipinski definition) is 2. The van der Waals surface area contributed by atoms with Crippen LogP contribution in [0.25, 0.3) is 0 Å². The zero-order chi connectivity index (χ0) is 12.6. The van der Waals surface area contributed by atoms with Crippen LogP contribution in [0.5, 0.6) is 0 Å². The number of nitrogens with one attached hydrogen (secondary N) is 1. The molecule has 0 amide bonds. The summed E-state index contributed by atoms with van der Waals surface area (Å²) in [6.45, 7) is -0.575. The van der Waals surface area contributed by atoms with Gasteiger partial charge in [-0.2, -0.15) is 0 Å². The molecule has 17 heavy (non-hydrogen) atoms. The molecule has 0 aliphatic carbocycles. The van der Waals surface area contributed by atoms with Crippen LogP contribution in [0, 0.1) is 5.82 Å². The quantitative estimate of drug-likeness (QED) is 0.877. The fraction of sp³-hybridized carbons (Fsp3) is 0.455. The number of aliphatic hydroxyl groups is 1. The third kappa shape index (κ3) is 2.48. The van der Waals surface area contributed by atoms with E-state index in [0.717, 1.165) is 0 Å². The summed E-state index contributed by atoms with van der Waals surface area (Å²) in [7, 11) is 0. The summed E-state index contributed by atoms with van der Waals surface area (Å²) in [5.41, 5.74) is 0.300. The van der Waals surface area contributed by atoms with E-state index in [-0.39, 0.29) is 10.9 Å². The minimum Gasteiger partial charge on any atom is -0.385 e. The number of alkyl halides is 2. The summed E-state index contributed by atoms with van der Waals surface area (Å²) in [6.07, 6.45) is -1.75. The van der Waals surface area contributed by atoms with Gasteiger partial charge in [0.15, 0.2) is 0 Å². The highest BCUT2D eigenvalue weighted by atomic mass is 79.9. The number of rotatable bonds is 2. The van der Waals surface area contributed by atoms with Gasteiger partial charge >= 0.3 is 0 Å². The lowest BCUT2D eigenvalue weighted by atomic mass is 10.0. The van der Waals surface area contributed by atoms with Crippen molar-refractivity contribution in [2.75, 3.05) is 6.54 Å². The molecule has 1 heterocycles. The molecule has 2 unspecified atom stereocenters. The lowest BCUT2D eigenvalue weighted by molar-refractivity contribution is -0.0805. The Labute approximate surface area is 105 Å². The van der Waals surface area contributed by atoms with E-state index < -0.39 is 30.4 Å². The Morgan fingerprint density at radius 1 is 1.47 bits per heavy atom. The van der Waals surface area contributed by atoms with Crippen LogP contribution >= 0.6 is 15.9 Å². The van der Waals surface area contributed by atoms with Crippen LogP contribution in [0.4, 0.5) is 13.2 Å². The average molecular weight is 310 g/mol. The van der Waals surface area contributed by atoms with E-state index in [0.29, 0.717) is 5.56 Å². The Hall–Kier alpha value is -0.590. The minimum atomic E-state index is -3.15. The van der Waals surface area contributed by atoms with E-state index in [4.69, 9.17) is 0 Å². The largest absolute Gasteiger partial charge is 0.385 e. The molecule has 1 aromatic rings. The fourth-order valence-corrected chi connectivity index (χ4v) is 2.31. The van der Waals surface area contributed by atoms with Gasteiger partial charge in [-0.25, -0.2) is 13.2 Å². The molecular weight excluding hydrogens is 299 g/mol. The maximum absolute atomic E-state index is 13.6. The molecule has 1 aliphatic heterocycles. The van der Waals surface area contributed by atoms with E-state index in [1.807, 2.05) is 0 Å². The standard InChI is InChI=1S/C11H11BrF3NO/c12-7-3-1-2-6(9(7)13)4-8-10(17)11(14,15)5-16-8/h1-3,8,10,16-17H,4-5H2. The first kappa shape index (κ1) is 12.9. The molecule has 2 rings (SSSR count). The molecule has 0 saturated carbocycles. The SMILES string of the molecule is OC1C(Cc2cccc(Br)c2F)NCC1(F)F. The lowest BCUT2D eigenvalue weighted by Gasteiger charge is -2.18. The van der Waals surface area contributed by atoms with Gasteiger partial charge in [-0.1, -0.05) is 12.1 Å². The van der Waals surface area contributed by atoms with Crippen LogP contribution in [-0.2, 0) is 6.42 Å². The molecule has 2 nitrogen and oxygen atoms in total. The molecule has 1 saturated heterocycles. The summed E-state index contributed by atoms with van der Waals surface area (Å²) in [5.74, 6) is -3.62. The number of aliphatic hydroxyl groups excluding tert-OH is 1. The smallest absolute Gasteiger partial charge is 0.287 e. The van der Waals surface area contributed by atoms with Gasteiger partial charge in [-0.05, 0) is 34.0 Å². The number of hydrogen-bond donors (Lipinski definition) is 2. The first-order valence-corrected chi connectivity index (χ1v) is 5.93. The minimum absolute atomic E-state index is 0.0298. The van der Waals surface area contributed by atoms with E-state index in [2.05, 4.69) is 21.2 Å². The molecule has 1 aliphatic rings. The summed E-state index contributed by atoms with van der Waals surface area (Å²) in [5, 5.41) is 11.9. The molecular formula is C11H11BrF3NO. The number of benzene rings is 1. The molecule has 94 valence electrons. The van der Waals surface area contributed by atoms with Crippen LogP contribution in [0.2, 0.25) is 0 Å². The van der Waals surface area contributed by atoms with E-state index in [1.54, 1.807) is 6.07 Å². The van der Waals surface area contributed by atoms with Crippen molar-refractivity contribution in [2.45, 2.75) is 24.5 Å². The zero-order valence-corrected chi connectivity index (χ0v) is 10.3. The van der Waals surface area contributed by atoms with Crippen LogP contribution in [0.15, 0.2) is 22.7 Å². The molecule has 2 N–H and O–H groups in total. The molecule has 6 heteroatoms. The summed E-state index contributed by atoms with van der Waals surface area (Å²) >= 11 is 3.03. The van der Waals surface area contributed by atoms with E-state index in [1.165, 1.54) is 12.1 Å². The Kier molecular flexibility index (Phi) is 3.47. The van der Waals surface area contributed by atoms with Crippen LogP contribution in [0.1, 0.15) is 5.56 Å². The highest BCUT2D eigenvalue weighted by Gasteiger charge is 2.49. The molecule has 1 aromatic carbocycles. The first-order chi connectivity index (χ1) is 7.92. The summed E-state index contributed by atoms with van der Waals surface area (Å²) < 4.78 is 40.0. The van der Waals surface area contributed by atoms with E-state index in [9.17, 15) is 18.3 Å². The van der Waals surface area contributed by atoms with Gasteiger partial charge in [-0.15, -0.1) is 0 Å². The maximum atomic E-state index is 13.6. The third-order valence-electron chi connectivity index (χ3n) is 2.89. The lowest BCUT2D eigenvalue weighted by Crippen LogP contribution is -2.38. The van der Waals surface area contributed by atoms with Gasteiger partial charge in [0.25, 0.3) is 5.92 Å². The van der Waals surface area contributed by atoms with Gasteiger partial charge in [0.05, 0.1) is 11.0 Å². The van der Waals surface area contributed by atoms with Crippen molar-refractivity contribution in [3.63, 3.8) is 0 Å². The van der Waals surface area contributed by atoms with Crippen molar-refractivity contribution >= 4 is 15.9 Å². The van der Waals surface area contributed by atoms with E-state index >= 15 is 0 Å². The van der Waals surface area contributed by atoms with Crippen molar-refractivity contribution in [3.05, 3.63) is 34.1 Å². The molecule has 0 bridgehead atoms. The van der Waals surface area contributed by atoms with Gasteiger partial charge in [-0.3, -0.25) is 0 Å². The first-order valence-electron chi connectivity index (χ1n) is 5.14. The highest BCUT2D eigenvalue weighted by molar-refractivity contribution is 9.10. The second-order valence-corrected chi connectivity index (χ2v) is 4.96. The Bertz CT molecular complexity index is 427. The van der Waals surface area contributed by atoms with Gasteiger partial charge in [0, 0.05) is 6.04 Å². The Morgan fingerprint density at radius 2 is 2.18 bits per heavy atom. The topological polar surface area (TPSA) is 32.3 Å². The predicted octanol–water partition coefficient (Wildman–Crippen LogP) is 2.10. The molecule has 0 spiro atoms. The maximum Gasteiger partial charge on any atom is 0.287 e. The molecule has 1 fully saturated rings. The monoisotopic (exact) mass is 309 g/mol. The van der Waals surface area contributed by atoms with Crippen molar-refractivity contribution in [1.29, 1.82) is 0 Å². The second-order valence-electron chi connectivity index (χ2n) is 4.11. The van der Waals surface area contributed by atoms with Crippen molar-refractivity contribution in [2.24, 2.45) is 0 Å².